The quantitative estimate of drug-likeness (QED) is 0.244. The van der Waals surface area contributed by atoms with Gasteiger partial charge in [-0.15, -0.1) is 0 Å². The minimum absolute atomic E-state index is 0. The van der Waals surface area contributed by atoms with Gasteiger partial charge in [0.2, 0.25) is 11.7 Å². The molecule has 2 unspecified atom stereocenters. The minimum Gasteiger partial charge on any atom is -0.493 e. The van der Waals surface area contributed by atoms with Crippen molar-refractivity contribution in [1.29, 1.82) is 0 Å². The zero-order valence-corrected chi connectivity index (χ0v) is 29.5. The molecule has 3 rings (SSSR count). The van der Waals surface area contributed by atoms with Crippen LogP contribution in [0.4, 0.5) is 0 Å². The third-order valence-electron chi connectivity index (χ3n) is 6.89. The van der Waals surface area contributed by atoms with Gasteiger partial charge in [0.25, 0.3) is 0 Å². The predicted molar refractivity (Wildman–Crippen MR) is 141 cm³/mol. The first-order valence-corrected chi connectivity index (χ1v) is 12.7. The maximum absolute atomic E-state index is 13.5. The standard InChI is InChI=1S/C29H39N2O5.Rf/c1-7-8-9-10-15-31-20(2)16-27(32)30(3)24(29(31)33)17-21-11-13-22(14-12-21)23-18-25(34-4)28(36-6)26(19-23)35-5;/h11-14,16,18-20,24H,7-10,15,17H2,1-6H3;/q-1;. The van der Waals surface area contributed by atoms with E-state index in [4.69, 9.17) is 14.2 Å². The van der Waals surface area contributed by atoms with Gasteiger partial charge in [-0.3, -0.25) is 11.2 Å². The fourth-order valence-electron chi connectivity index (χ4n) is 4.68. The smallest absolute Gasteiger partial charge is 0.243 e. The van der Waals surface area contributed by atoms with Crippen LogP contribution in [0.2, 0.25) is 0 Å². The Hall–Kier alpha value is -4.35. The number of rotatable bonds is 11. The molecule has 2 amide bonds. The Morgan fingerprint density at radius 1 is 0.892 bits per heavy atom. The number of likely N-dealkylation sites (N-methyl/N-ethyl adjacent to an activating group) is 1. The molecule has 2 aromatic carbocycles. The van der Waals surface area contributed by atoms with Gasteiger partial charge in [-0.1, -0.05) is 63.4 Å². The number of unbranched alkanes of at least 4 members (excludes halogenated alkanes) is 3. The van der Waals surface area contributed by atoms with Crippen molar-refractivity contribution in [1.82, 2.24) is 9.80 Å². The van der Waals surface area contributed by atoms with E-state index in [2.05, 4.69) is 6.92 Å². The fourth-order valence-corrected chi connectivity index (χ4v) is 4.68. The average molecular weight is 763 g/mol. The molecular formula is C29H39N2O5Rf-. The fraction of sp³-hybridized carbons (Fsp3) is 0.483. The Bertz CT molecular complexity index is 1020. The van der Waals surface area contributed by atoms with Crippen LogP contribution < -0.4 is 14.2 Å². The molecule has 0 spiro atoms. The molecule has 2 atom stereocenters. The third-order valence-corrected chi connectivity index (χ3v) is 6.89. The van der Waals surface area contributed by atoms with Crippen LogP contribution in [0.5, 0.6) is 17.2 Å². The zero-order chi connectivity index (χ0) is 26.2. The van der Waals surface area contributed by atoms with Gasteiger partial charge in [-0.25, -0.2) is 0 Å². The van der Waals surface area contributed by atoms with Gasteiger partial charge < -0.3 is 28.8 Å². The summed E-state index contributed by atoms with van der Waals surface area (Å²) in [5, 5.41) is 0. The number of carbonyl (C=O) groups excluding carboxylic acids is 2. The van der Waals surface area contributed by atoms with E-state index in [-0.39, 0.29) is 17.9 Å². The molecule has 1 saturated heterocycles. The van der Waals surface area contributed by atoms with Crippen LogP contribution in [0.1, 0.15) is 45.1 Å². The number of carbonyl (C=O) groups is 2. The van der Waals surface area contributed by atoms with Crippen molar-refractivity contribution in [3.05, 3.63) is 48.4 Å². The topological polar surface area (TPSA) is 68.3 Å². The number of hydrogen-bond donors (Lipinski definition) is 0. The van der Waals surface area contributed by atoms with Gasteiger partial charge in [-0.2, -0.15) is 0 Å². The van der Waals surface area contributed by atoms with Crippen LogP contribution in [0, 0.1) is 6.42 Å². The molecule has 1 heterocycles. The van der Waals surface area contributed by atoms with Gasteiger partial charge in [-0.05, 0) is 35.2 Å². The van der Waals surface area contributed by atoms with Gasteiger partial charge in [0, 0.05) is 20.0 Å². The van der Waals surface area contributed by atoms with Crippen LogP contribution in [0.15, 0.2) is 36.4 Å². The molecule has 7 nitrogen and oxygen atoms in total. The maximum Gasteiger partial charge on any atom is 0.243 e. The van der Waals surface area contributed by atoms with Crippen molar-refractivity contribution >= 4 is 11.8 Å². The Balaban J connectivity index is 0.00000481. The molecule has 1 aliphatic heterocycles. The van der Waals surface area contributed by atoms with E-state index in [0.29, 0.717) is 30.2 Å². The predicted octanol–water partition coefficient (Wildman–Crippen LogP) is 4.76. The molecule has 0 bridgehead atoms. The van der Waals surface area contributed by atoms with Crippen LogP contribution in [-0.4, -0.2) is 68.6 Å². The molecule has 2 aromatic rings. The SMILES string of the molecule is CCCCCCN1C(=O)C(Cc2ccc(-c3cc(OC)c(OC)c(OC)c3)cc2)N(C)C(=O)[CH-]C1C.[Rf]. The molecule has 0 aliphatic carbocycles. The summed E-state index contributed by atoms with van der Waals surface area (Å²) in [4.78, 5) is 29.8. The van der Waals surface area contributed by atoms with Crippen molar-refractivity contribution in [2.45, 2.75) is 58.0 Å². The van der Waals surface area contributed by atoms with Gasteiger partial charge in [0.1, 0.15) is 6.04 Å². The summed E-state index contributed by atoms with van der Waals surface area (Å²) in [5.74, 6) is 1.63. The number of benzene rings is 2. The second-order valence-electron chi connectivity index (χ2n) is 9.28. The molecule has 0 N–H and O–H groups in total. The number of ether oxygens (including phenoxy) is 3. The van der Waals surface area contributed by atoms with Crippen LogP contribution >= 0.6 is 0 Å². The van der Waals surface area contributed by atoms with E-state index >= 15 is 0 Å². The first-order chi connectivity index (χ1) is 17.3. The van der Waals surface area contributed by atoms with E-state index in [1.54, 1.807) is 39.7 Å². The summed E-state index contributed by atoms with van der Waals surface area (Å²) in [5.41, 5.74) is 2.90. The summed E-state index contributed by atoms with van der Waals surface area (Å²) in [6.07, 6.45) is 6.45. The van der Waals surface area contributed by atoms with Crippen LogP contribution in [0.25, 0.3) is 11.1 Å². The molecule has 0 aromatic heterocycles. The van der Waals surface area contributed by atoms with Crippen LogP contribution in [-0.2, 0) is 16.0 Å². The van der Waals surface area contributed by atoms with Crippen molar-refractivity contribution in [2.24, 2.45) is 0 Å². The Labute approximate surface area is 215 Å². The summed E-state index contributed by atoms with van der Waals surface area (Å²) < 4.78 is 16.4. The summed E-state index contributed by atoms with van der Waals surface area (Å²) >= 11 is 0. The van der Waals surface area contributed by atoms with Crippen molar-refractivity contribution in [2.75, 3.05) is 34.9 Å². The van der Waals surface area contributed by atoms with E-state index < -0.39 is 6.04 Å². The number of nitrogens with zero attached hydrogens (tertiary/aromatic N) is 2. The second-order valence-corrected chi connectivity index (χ2v) is 9.28. The molecule has 1 aliphatic rings. The second kappa shape index (κ2) is 13.1. The van der Waals surface area contributed by atoms with E-state index in [1.165, 1.54) is 0 Å². The molecule has 198 valence electrons. The summed E-state index contributed by atoms with van der Waals surface area (Å²) in [6.45, 7) is 4.77. The van der Waals surface area contributed by atoms with Crippen LogP contribution in [0.3, 0.4) is 0 Å². The number of amides is 2. The van der Waals surface area contributed by atoms with E-state index in [1.807, 2.05) is 48.2 Å². The van der Waals surface area contributed by atoms with Gasteiger partial charge in [0.05, 0.1) is 27.2 Å². The molecule has 0 saturated carbocycles. The summed E-state index contributed by atoms with van der Waals surface area (Å²) in [6, 6.07) is 11.1. The number of hydrogen-bond acceptors (Lipinski definition) is 5. The Kier molecular flexibility index (Phi) is 10.2. The van der Waals surface area contributed by atoms with Crippen molar-refractivity contribution in [3.8, 4) is 28.4 Å². The largest absolute Gasteiger partial charge is 0.493 e. The number of methoxy groups -OCH3 is 3. The third kappa shape index (κ3) is 6.46. The summed E-state index contributed by atoms with van der Waals surface area (Å²) in [7, 11) is 6.49. The maximum atomic E-state index is 13.5. The molecule has 1 fully saturated rings. The molecule has 37 heavy (non-hydrogen) atoms. The first-order valence-electron chi connectivity index (χ1n) is 12.7. The van der Waals surface area contributed by atoms with Crippen molar-refractivity contribution < 1.29 is 23.8 Å². The normalized spacial score (nSPS) is 17.6. The van der Waals surface area contributed by atoms with E-state index in [0.717, 1.165) is 42.4 Å². The first kappa shape index (κ1) is 28.9. The Morgan fingerprint density at radius 2 is 1.51 bits per heavy atom. The minimum atomic E-state index is -0.531. The monoisotopic (exact) mass is 762 g/mol. The van der Waals surface area contributed by atoms with Gasteiger partial charge >= 0.3 is 0 Å². The van der Waals surface area contributed by atoms with E-state index in [9.17, 15) is 9.59 Å². The Morgan fingerprint density at radius 3 is 2.05 bits per heavy atom. The zero-order valence-electron chi connectivity index (χ0n) is 23.1. The molecule has 0 radical (unpaired) electrons. The average Bonchev–Trinajstić information content (AvgIpc) is 2.96. The molecule has 8 heteroatoms. The molecular weight excluding hydrogens is 723 g/mol. The van der Waals surface area contributed by atoms with Crippen molar-refractivity contribution in [3.63, 3.8) is 0 Å². The van der Waals surface area contributed by atoms with Gasteiger partial charge in [0.15, 0.2) is 11.5 Å².